The number of aliphatic hydroxyl groups is 1. The first-order valence-electron chi connectivity index (χ1n) is 6.07. The van der Waals surface area contributed by atoms with E-state index in [-0.39, 0.29) is 18.4 Å². The molecule has 18 heavy (non-hydrogen) atoms. The first-order chi connectivity index (χ1) is 8.13. The third-order valence-corrected chi connectivity index (χ3v) is 2.60. The van der Waals surface area contributed by atoms with Gasteiger partial charge in [-0.2, -0.15) is 0 Å². The van der Waals surface area contributed by atoms with E-state index in [0.29, 0.717) is 17.0 Å². The lowest BCUT2D eigenvalue weighted by atomic mass is 10.0. The zero-order valence-electron chi connectivity index (χ0n) is 11.9. The fourth-order valence-electron chi connectivity index (χ4n) is 1.88. The van der Waals surface area contributed by atoms with Crippen LogP contribution in [0.25, 0.3) is 0 Å². The average Bonchev–Trinajstić information content (AvgIpc) is 2.56. The molecule has 1 amide bonds. The van der Waals surface area contributed by atoms with Crippen molar-refractivity contribution in [2.45, 2.75) is 46.1 Å². The fourth-order valence-corrected chi connectivity index (χ4v) is 1.88. The Labute approximate surface area is 108 Å². The summed E-state index contributed by atoms with van der Waals surface area (Å²) in [4.78, 5) is 13.8. The van der Waals surface area contributed by atoms with Crippen molar-refractivity contribution < 1.29 is 14.4 Å². The van der Waals surface area contributed by atoms with E-state index < -0.39 is 5.60 Å². The maximum atomic E-state index is 12.3. The Hall–Kier alpha value is -1.36. The molecule has 1 heterocycles. The van der Waals surface area contributed by atoms with Gasteiger partial charge in [-0.15, -0.1) is 0 Å². The number of carbonyl (C=O) groups excluding carboxylic acids is 1. The highest BCUT2D eigenvalue weighted by Crippen LogP contribution is 2.23. The summed E-state index contributed by atoms with van der Waals surface area (Å²) in [6.07, 6.45) is 0. The van der Waals surface area contributed by atoms with Gasteiger partial charge in [0.05, 0.1) is 11.3 Å². The Kier molecular flexibility index (Phi) is 4.16. The number of amides is 1. The molecule has 5 nitrogen and oxygen atoms in total. The minimum absolute atomic E-state index is 0.0979. The number of hydrogen-bond donors (Lipinski definition) is 1. The number of aromatic nitrogens is 1. The lowest BCUT2D eigenvalue weighted by molar-refractivity contribution is 0.0366. The maximum Gasteiger partial charge on any atom is 0.259 e. The van der Waals surface area contributed by atoms with Gasteiger partial charge in [0.2, 0.25) is 0 Å². The van der Waals surface area contributed by atoms with Crippen LogP contribution in [-0.4, -0.2) is 40.3 Å². The van der Waals surface area contributed by atoms with Gasteiger partial charge in [-0.25, -0.2) is 0 Å². The van der Waals surface area contributed by atoms with Crippen LogP contribution in [0.1, 0.15) is 55.4 Å². The van der Waals surface area contributed by atoms with Gasteiger partial charge in [0, 0.05) is 19.5 Å². The van der Waals surface area contributed by atoms with Crippen LogP contribution >= 0.6 is 0 Å². The Morgan fingerprint density at radius 2 is 2.06 bits per heavy atom. The topological polar surface area (TPSA) is 66.6 Å². The van der Waals surface area contributed by atoms with Gasteiger partial charge in [-0.05, 0) is 20.8 Å². The molecule has 1 aromatic rings. The molecule has 102 valence electrons. The molecule has 0 radical (unpaired) electrons. The standard InChI is InChI=1S/C13H22N2O3/c1-8(2)11-10(9(3)14-18-11)12(16)15(6)7-13(4,5)17/h8,17H,7H2,1-6H3. The highest BCUT2D eigenvalue weighted by Gasteiger charge is 2.27. The molecular formula is C13H22N2O3. The summed E-state index contributed by atoms with van der Waals surface area (Å²) >= 11 is 0. The zero-order valence-corrected chi connectivity index (χ0v) is 11.9. The summed E-state index contributed by atoms with van der Waals surface area (Å²) in [5, 5.41) is 13.6. The van der Waals surface area contributed by atoms with Gasteiger partial charge < -0.3 is 14.5 Å². The Morgan fingerprint density at radius 1 is 1.50 bits per heavy atom. The second-order valence-corrected chi connectivity index (χ2v) is 5.64. The number of carbonyl (C=O) groups is 1. The van der Waals surface area contributed by atoms with Crippen molar-refractivity contribution in [3.8, 4) is 0 Å². The lowest BCUT2D eigenvalue weighted by Gasteiger charge is -2.25. The van der Waals surface area contributed by atoms with E-state index in [0.717, 1.165) is 0 Å². The normalized spacial score (nSPS) is 12.0. The van der Waals surface area contributed by atoms with Gasteiger partial charge >= 0.3 is 0 Å². The van der Waals surface area contributed by atoms with Gasteiger partial charge in [-0.1, -0.05) is 19.0 Å². The molecule has 0 aromatic carbocycles. The molecule has 1 rings (SSSR count). The first-order valence-corrected chi connectivity index (χ1v) is 6.07. The summed E-state index contributed by atoms with van der Waals surface area (Å²) in [5.74, 6) is 0.528. The van der Waals surface area contributed by atoms with Crippen molar-refractivity contribution in [2.24, 2.45) is 0 Å². The van der Waals surface area contributed by atoms with Crippen LogP contribution in [0.4, 0.5) is 0 Å². The highest BCUT2D eigenvalue weighted by atomic mass is 16.5. The predicted octanol–water partition coefficient (Wildman–Crippen LogP) is 1.95. The molecule has 1 N–H and O–H groups in total. The van der Waals surface area contributed by atoms with Crippen LogP contribution in [0.5, 0.6) is 0 Å². The van der Waals surface area contributed by atoms with Crippen molar-refractivity contribution in [2.75, 3.05) is 13.6 Å². The van der Waals surface area contributed by atoms with E-state index in [2.05, 4.69) is 5.16 Å². The van der Waals surface area contributed by atoms with Gasteiger partial charge in [-0.3, -0.25) is 4.79 Å². The van der Waals surface area contributed by atoms with E-state index in [1.54, 1.807) is 27.8 Å². The van der Waals surface area contributed by atoms with Crippen molar-refractivity contribution >= 4 is 5.91 Å². The molecule has 0 saturated carbocycles. The summed E-state index contributed by atoms with van der Waals surface area (Å²) in [7, 11) is 1.66. The Bertz CT molecular complexity index is 430. The first kappa shape index (κ1) is 14.7. The molecule has 0 aliphatic heterocycles. The van der Waals surface area contributed by atoms with Gasteiger partial charge in [0.1, 0.15) is 5.56 Å². The monoisotopic (exact) mass is 254 g/mol. The highest BCUT2D eigenvalue weighted by molar-refractivity contribution is 5.96. The third kappa shape index (κ3) is 3.32. The molecule has 0 unspecified atom stereocenters. The zero-order chi connectivity index (χ0) is 14.1. The minimum atomic E-state index is -0.923. The van der Waals surface area contributed by atoms with Gasteiger partial charge in [0.25, 0.3) is 5.91 Å². The van der Waals surface area contributed by atoms with Crippen LogP contribution in [0.3, 0.4) is 0 Å². The molecule has 0 fully saturated rings. The van der Waals surface area contributed by atoms with E-state index >= 15 is 0 Å². The van der Waals surface area contributed by atoms with E-state index in [4.69, 9.17) is 4.52 Å². The summed E-state index contributed by atoms with van der Waals surface area (Å²) in [6, 6.07) is 0. The molecular weight excluding hydrogens is 232 g/mol. The van der Waals surface area contributed by atoms with Crippen LogP contribution in [-0.2, 0) is 0 Å². The number of likely N-dealkylation sites (N-methyl/N-ethyl adjacent to an activating group) is 1. The number of nitrogens with zero attached hydrogens (tertiary/aromatic N) is 2. The minimum Gasteiger partial charge on any atom is -0.389 e. The molecule has 0 bridgehead atoms. The van der Waals surface area contributed by atoms with Crippen LogP contribution in [0.15, 0.2) is 4.52 Å². The third-order valence-electron chi connectivity index (χ3n) is 2.60. The second kappa shape index (κ2) is 5.10. The van der Waals surface area contributed by atoms with Crippen molar-refractivity contribution in [1.29, 1.82) is 0 Å². The van der Waals surface area contributed by atoms with Crippen molar-refractivity contribution in [1.82, 2.24) is 10.1 Å². The van der Waals surface area contributed by atoms with E-state index in [1.807, 2.05) is 13.8 Å². The quantitative estimate of drug-likeness (QED) is 0.891. The fraction of sp³-hybridized carbons (Fsp3) is 0.692. The molecule has 0 aliphatic rings. The summed E-state index contributed by atoms with van der Waals surface area (Å²) < 4.78 is 5.20. The number of rotatable bonds is 4. The van der Waals surface area contributed by atoms with Crippen molar-refractivity contribution in [3.63, 3.8) is 0 Å². The Balaban J connectivity index is 3.00. The van der Waals surface area contributed by atoms with Crippen molar-refractivity contribution in [3.05, 3.63) is 17.0 Å². The average molecular weight is 254 g/mol. The van der Waals surface area contributed by atoms with E-state index in [1.165, 1.54) is 4.90 Å². The summed E-state index contributed by atoms with van der Waals surface area (Å²) in [5.41, 5.74) is 0.177. The van der Waals surface area contributed by atoms with Crippen LogP contribution in [0.2, 0.25) is 0 Å². The smallest absolute Gasteiger partial charge is 0.259 e. The number of aryl methyl sites for hydroxylation is 1. The van der Waals surface area contributed by atoms with Crippen LogP contribution in [0, 0.1) is 6.92 Å². The molecule has 0 saturated heterocycles. The molecule has 0 atom stereocenters. The largest absolute Gasteiger partial charge is 0.389 e. The molecule has 0 aliphatic carbocycles. The molecule has 5 heteroatoms. The Morgan fingerprint density at radius 3 is 2.50 bits per heavy atom. The van der Waals surface area contributed by atoms with Crippen LogP contribution < -0.4 is 0 Å². The predicted molar refractivity (Wildman–Crippen MR) is 68.6 cm³/mol. The lowest BCUT2D eigenvalue weighted by Crippen LogP contribution is -2.40. The maximum absolute atomic E-state index is 12.3. The van der Waals surface area contributed by atoms with E-state index in [9.17, 15) is 9.90 Å². The molecule has 0 spiro atoms. The number of hydrogen-bond acceptors (Lipinski definition) is 4. The molecule has 1 aromatic heterocycles. The summed E-state index contributed by atoms with van der Waals surface area (Å²) in [6.45, 7) is 9.25. The second-order valence-electron chi connectivity index (χ2n) is 5.64. The van der Waals surface area contributed by atoms with Gasteiger partial charge in [0.15, 0.2) is 5.76 Å². The SMILES string of the molecule is Cc1noc(C(C)C)c1C(=O)N(C)CC(C)(C)O.